The molecule has 0 radical (unpaired) electrons. The first-order valence-corrected chi connectivity index (χ1v) is 8.83. The zero-order chi connectivity index (χ0) is 18.5. The fraction of sp³-hybridized carbons (Fsp3) is 0.333. The Morgan fingerprint density at radius 2 is 1.81 bits per heavy atom. The fourth-order valence-electron chi connectivity index (χ4n) is 2.95. The van der Waals surface area contributed by atoms with Crippen molar-refractivity contribution in [3.05, 3.63) is 59.2 Å². The lowest BCUT2D eigenvalue weighted by molar-refractivity contribution is -0.155. The second-order valence-corrected chi connectivity index (χ2v) is 6.56. The molecule has 136 valence electrons. The van der Waals surface area contributed by atoms with Crippen molar-refractivity contribution in [3.8, 4) is 5.75 Å². The molecule has 1 aliphatic rings. The minimum absolute atomic E-state index is 0.221. The third kappa shape index (κ3) is 4.63. The molecular weight excluding hydrogens is 330 g/mol. The van der Waals surface area contributed by atoms with Gasteiger partial charge in [0, 0.05) is 5.69 Å². The molecule has 3 rings (SSSR count). The Labute approximate surface area is 153 Å². The normalized spacial score (nSPS) is 13.6. The molecule has 0 aliphatic heterocycles. The zero-order valence-corrected chi connectivity index (χ0v) is 15.1. The van der Waals surface area contributed by atoms with Crippen LogP contribution in [0.5, 0.6) is 5.75 Å². The number of carbonyl (C=O) groups is 2. The Morgan fingerprint density at radius 3 is 2.58 bits per heavy atom. The Hall–Kier alpha value is -2.82. The second-order valence-electron chi connectivity index (χ2n) is 6.56. The van der Waals surface area contributed by atoms with Crippen LogP contribution in [0, 0.1) is 6.92 Å². The van der Waals surface area contributed by atoms with E-state index >= 15 is 0 Å². The topological polar surface area (TPSA) is 64.6 Å². The van der Waals surface area contributed by atoms with E-state index in [1.54, 1.807) is 12.1 Å². The molecule has 0 saturated carbocycles. The smallest absolute Gasteiger partial charge is 0.344 e. The van der Waals surface area contributed by atoms with Crippen molar-refractivity contribution in [2.24, 2.45) is 0 Å². The summed E-state index contributed by atoms with van der Waals surface area (Å²) in [4.78, 5) is 24.0. The van der Waals surface area contributed by atoms with Crippen LogP contribution in [0.2, 0.25) is 0 Å². The summed E-state index contributed by atoms with van der Waals surface area (Å²) >= 11 is 0. The minimum atomic E-state index is -0.896. The van der Waals surface area contributed by atoms with Gasteiger partial charge in [-0.3, -0.25) is 4.79 Å². The maximum atomic E-state index is 12.1. The summed E-state index contributed by atoms with van der Waals surface area (Å²) in [5.41, 5.74) is 4.40. The van der Waals surface area contributed by atoms with E-state index in [1.807, 2.05) is 37.3 Å². The highest BCUT2D eigenvalue weighted by molar-refractivity contribution is 5.95. The molecule has 0 heterocycles. The highest BCUT2D eigenvalue weighted by atomic mass is 16.6. The van der Waals surface area contributed by atoms with Crippen LogP contribution in [-0.2, 0) is 27.2 Å². The SMILES string of the molecule is Cc1ccc(NC(=O)[C@@H](C)OC(=O)COc2ccc3c(c2)CCC3)cc1. The molecule has 1 atom stereocenters. The monoisotopic (exact) mass is 353 g/mol. The van der Waals surface area contributed by atoms with Crippen molar-refractivity contribution >= 4 is 17.6 Å². The number of aryl methyl sites for hydroxylation is 3. The Morgan fingerprint density at radius 1 is 1.08 bits per heavy atom. The Bertz CT molecular complexity index is 798. The summed E-state index contributed by atoms with van der Waals surface area (Å²) in [5, 5.41) is 2.72. The molecule has 0 bridgehead atoms. The van der Waals surface area contributed by atoms with Gasteiger partial charge in [-0.15, -0.1) is 0 Å². The van der Waals surface area contributed by atoms with Gasteiger partial charge in [-0.1, -0.05) is 23.8 Å². The maximum Gasteiger partial charge on any atom is 0.344 e. The number of nitrogens with one attached hydrogen (secondary N) is 1. The average molecular weight is 353 g/mol. The van der Waals surface area contributed by atoms with Crippen LogP contribution < -0.4 is 10.1 Å². The number of carbonyl (C=O) groups excluding carboxylic acids is 2. The van der Waals surface area contributed by atoms with Crippen molar-refractivity contribution in [1.29, 1.82) is 0 Å². The molecule has 26 heavy (non-hydrogen) atoms. The highest BCUT2D eigenvalue weighted by Crippen LogP contribution is 2.26. The molecule has 5 heteroatoms. The molecule has 0 spiro atoms. The summed E-state index contributed by atoms with van der Waals surface area (Å²) in [6.07, 6.45) is 2.42. The molecule has 0 saturated heterocycles. The number of esters is 1. The Kier molecular flexibility index (Phi) is 5.56. The van der Waals surface area contributed by atoms with Gasteiger partial charge < -0.3 is 14.8 Å². The lowest BCUT2D eigenvalue weighted by atomic mass is 10.1. The quantitative estimate of drug-likeness (QED) is 0.808. The highest BCUT2D eigenvalue weighted by Gasteiger charge is 2.18. The first-order chi connectivity index (χ1) is 12.5. The number of benzene rings is 2. The van der Waals surface area contributed by atoms with Crippen molar-refractivity contribution in [1.82, 2.24) is 0 Å². The molecule has 1 N–H and O–H groups in total. The van der Waals surface area contributed by atoms with Crippen LogP contribution in [0.4, 0.5) is 5.69 Å². The number of hydrogen-bond donors (Lipinski definition) is 1. The van der Waals surface area contributed by atoms with Gasteiger partial charge in [0.05, 0.1) is 0 Å². The number of rotatable bonds is 6. The molecule has 2 aromatic rings. The zero-order valence-electron chi connectivity index (χ0n) is 15.1. The van der Waals surface area contributed by atoms with E-state index in [1.165, 1.54) is 18.1 Å². The van der Waals surface area contributed by atoms with E-state index in [-0.39, 0.29) is 12.5 Å². The van der Waals surface area contributed by atoms with Crippen LogP contribution in [0.1, 0.15) is 30.0 Å². The summed E-state index contributed by atoms with van der Waals surface area (Å²) in [5.74, 6) is -0.295. The van der Waals surface area contributed by atoms with E-state index in [0.717, 1.165) is 24.8 Å². The third-order valence-corrected chi connectivity index (χ3v) is 4.42. The van der Waals surface area contributed by atoms with Crippen LogP contribution in [0.3, 0.4) is 0 Å². The van der Waals surface area contributed by atoms with Gasteiger partial charge in [0.2, 0.25) is 0 Å². The summed E-state index contributed by atoms with van der Waals surface area (Å²) in [7, 11) is 0. The molecule has 0 aromatic heterocycles. The lowest BCUT2D eigenvalue weighted by Crippen LogP contribution is -2.31. The molecule has 0 unspecified atom stereocenters. The average Bonchev–Trinajstić information content (AvgIpc) is 3.09. The number of amides is 1. The first-order valence-electron chi connectivity index (χ1n) is 8.83. The van der Waals surface area contributed by atoms with Gasteiger partial charge in [0.1, 0.15) is 5.75 Å². The molecule has 2 aromatic carbocycles. The fourth-order valence-corrected chi connectivity index (χ4v) is 2.95. The van der Waals surface area contributed by atoms with E-state index in [4.69, 9.17) is 9.47 Å². The Balaban J connectivity index is 1.46. The molecule has 1 amide bonds. The van der Waals surface area contributed by atoms with Crippen molar-refractivity contribution in [2.75, 3.05) is 11.9 Å². The van der Waals surface area contributed by atoms with Gasteiger partial charge in [-0.2, -0.15) is 0 Å². The van der Waals surface area contributed by atoms with Gasteiger partial charge in [0.15, 0.2) is 12.7 Å². The van der Waals surface area contributed by atoms with E-state index < -0.39 is 12.1 Å². The largest absolute Gasteiger partial charge is 0.482 e. The molecular formula is C21H23NO4. The van der Waals surface area contributed by atoms with E-state index in [9.17, 15) is 9.59 Å². The van der Waals surface area contributed by atoms with Crippen molar-refractivity contribution < 1.29 is 19.1 Å². The van der Waals surface area contributed by atoms with Gasteiger partial charge in [0.25, 0.3) is 5.91 Å². The van der Waals surface area contributed by atoms with Crippen LogP contribution >= 0.6 is 0 Å². The van der Waals surface area contributed by atoms with Crippen LogP contribution in [0.25, 0.3) is 0 Å². The lowest BCUT2D eigenvalue weighted by Gasteiger charge is -2.14. The van der Waals surface area contributed by atoms with Crippen molar-refractivity contribution in [3.63, 3.8) is 0 Å². The van der Waals surface area contributed by atoms with Crippen LogP contribution in [0.15, 0.2) is 42.5 Å². The van der Waals surface area contributed by atoms with Gasteiger partial charge >= 0.3 is 5.97 Å². The van der Waals surface area contributed by atoms with Gasteiger partial charge in [-0.05, 0) is 68.5 Å². The van der Waals surface area contributed by atoms with E-state index in [2.05, 4.69) is 5.32 Å². The van der Waals surface area contributed by atoms with E-state index in [0.29, 0.717) is 11.4 Å². The van der Waals surface area contributed by atoms with Gasteiger partial charge in [-0.25, -0.2) is 4.79 Å². The van der Waals surface area contributed by atoms with Crippen molar-refractivity contribution in [2.45, 2.75) is 39.2 Å². The summed E-state index contributed by atoms with van der Waals surface area (Å²) in [6, 6.07) is 13.3. The predicted octanol–water partition coefficient (Wildman–Crippen LogP) is 3.43. The number of anilines is 1. The molecule has 5 nitrogen and oxygen atoms in total. The minimum Gasteiger partial charge on any atom is -0.482 e. The summed E-state index contributed by atoms with van der Waals surface area (Å²) in [6.45, 7) is 3.29. The number of ether oxygens (including phenoxy) is 2. The third-order valence-electron chi connectivity index (χ3n) is 4.42. The van der Waals surface area contributed by atoms with Crippen LogP contribution in [-0.4, -0.2) is 24.6 Å². The number of hydrogen-bond acceptors (Lipinski definition) is 4. The predicted molar refractivity (Wildman–Crippen MR) is 99.3 cm³/mol. The summed E-state index contributed by atoms with van der Waals surface area (Å²) < 4.78 is 10.6. The first kappa shape index (κ1) is 18.0. The maximum absolute atomic E-state index is 12.1. The molecule has 0 fully saturated rings. The number of fused-ring (bicyclic) bond motifs is 1. The second kappa shape index (κ2) is 8.04. The molecule has 1 aliphatic carbocycles. The standard InChI is InChI=1S/C21H23NO4/c1-14-6-9-18(10-7-14)22-21(24)15(2)26-20(23)13-25-19-11-8-16-4-3-5-17(16)12-19/h6-12,15H,3-5,13H2,1-2H3,(H,22,24)/t15-/m1/s1.